The molecule has 4 heteroatoms. The topological polar surface area (TPSA) is 24.9 Å². The third-order valence-electron chi connectivity index (χ3n) is 2.85. The van der Waals surface area contributed by atoms with Gasteiger partial charge in [0.05, 0.1) is 0 Å². The summed E-state index contributed by atoms with van der Waals surface area (Å²) in [5.41, 5.74) is 2.30. The Bertz CT molecular complexity index is 572. The van der Waals surface area contributed by atoms with Crippen molar-refractivity contribution in [3.8, 4) is 0 Å². The molecule has 0 radical (unpaired) electrons. The molecule has 0 aliphatic rings. The molecule has 0 spiro atoms. The van der Waals surface area contributed by atoms with E-state index < -0.39 is 0 Å². The van der Waals surface area contributed by atoms with E-state index in [4.69, 9.17) is 0 Å². The van der Waals surface area contributed by atoms with Crippen molar-refractivity contribution in [3.63, 3.8) is 0 Å². The van der Waals surface area contributed by atoms with E-state index in [1.807, 2.05) is 19.2 Å². The lowest BCUT2D eigenvalue weighted by Gasteiger charge is -2.08. The van der Waals surface area contributed by atoms with E-state index >= 15 is 0 Å². The molecule has 106 valence electrons. The second kappa shape index (κ2) is 7.41. The molecule has 0 unspecified atom stereocenters. The predicted octanol–water partition coefficient (Wildman–Crippen LogP) is 4.18. The summed E-state index contributed by atoms with van der Waals surface area (Å²) in [6.45, 7) is 6.04. The SMILES string of the molecule is CCCNCc1cnc(Sc2cccc(F)c2)c(C)c1. The van der Waals surface area contributed by atoms with Crippen LogP contribution in [0, 0.1) is 12.7 Å². The van der Waals surface area contributed by atoms with E-state index in [9.17, 15) is 4.39 Å². The molecule has 1 aromatic carbocycles. The number of halogens is 1. The Labute approximate surface area is 123 Å². The van der Waals surface area contributed by atoms with Gasteiger partial charge in [0.15, 0.2) is 0 Å². The monoisotopic (exact) mass is 290 g/mol. The van der Waals surface area contributed by atoms with Crippen LogP contribution in [-0.2, 0) is 6.54 Å². The molecular weight excluding hydrogens is 271 g/mol. The third kappa shape index (κ3) is 4.32. The van der Waals surface area contributed by atoms with Crippen molar-refractivity contribution >= 4 is 11.8 Å². The Balaban J connectivity index is 2.06. The van der Waals surface area contributed by atoms with E-state index in [0.29, 0.717) is 0 Å². The van der Waals surface area contributed by atoms with Gasteiger partial charge in [-0.2, -0.15) is 0 Å². The van der Waals surface area contributed by atoms with Gasteiger partial charge in [-0.05, 0) is 49.2 Å². The van der Waals surface area contributed by atoms with Crippen LogP contribution in [-0.4, -0.2) is 11.5 Å². The summed E-state index contributed by atoms with van der Waals surface area (Å²) in [7, 11) is 0. The first-order valence-corrected chi connectivity index (χ1v) is 7.60. The number of benzene rings is 1. The molecule has 1 heterocycles. The van der Waals surface area contributed by atoms with Gasteiger partial charge in [-0.3, -0.25) is 0 Å². The normalized spacial score (nSPS) is 10.8. The Morgan fingerprint density at radius 2 is 2.15 bits per heavy atom. The van der Waals surface area contributed by atoms with Crippen LogP contribution in [0.2, 0.25) is 0 Å². The molecule has 0 amide bonds. The van der Waals surface area contributed by atoms with Gasteiger partial charge in [0, 0.05) is 17.6 Å². The average molecular weight is 290 g/mol. The molecule has 0 saturated carbocycles. The van der Waals surface area contributed by atoms with Crippen molar-refractivity contribution in [3.05, 3.63) is 53.5 Å². The fourth-order valence-corrected chi connectivity index (χ4v) is 2.74. The highest BCUT2D eigenvalue weighted by Crippen LogP contribution is 2.29. The van der Waals surface area contributed by atoms with Gasteiger partial charge < -0.3 is 5.32 Å². The van der Waals surface area contributed by atoms with Gasteiger partial charge in [-0.25, -0.2) is 9.37 Å². The second-order valence-corrected chi connectivity index (χ2v) is 5.76. The second-order valence-electron chi connectivity index (χ2n) is 4.70. The van der Waals surface area contributed by atoms with Crippen LogP contribution < -0.4 is 5.32 Å². The van der Waals surface area contributed by atoms with Crippen LogP contribution in [0.15, 0.2) is 46.5 Å². The van der Waals surface area contributed by atoms with Crippen molar-refractivity contribution < 1.29 is 4.39 Å². The van der Waals surface area contributed by atoms with Crippen LogP contribution >= 0.6 is 11.8 Å². The smallest absolute Gasteiger partial charge is 0.124 e. The highest BCUT2D eigenvalue weighted by Gasteiger charge is 2.05. The zero-order valence-electron chi connectivity index (χ0n) is 11.8. The molecule has 0 fully saturated rings. The van der Waals surface area contributed by atoms with E-state index in [-0.39, 0.29) is 5.82 Å². The number of rotatable bonds is 6. The number of hydrogen-bond acceptors (Lipinski definition) is 3. The Morgan fingerprint density at radius 3 is 2.85 bits per heavy atom. The maximum atomic E-state index is 13.2. The van der Waals surface area contributed by atoms with Crippen LogP contribution in [0.25, 0.3) is 0 Å². The highest BCUT2D eigenvalue weighted by atomic mass is 32.2. The van der Waals surface area contributed by atoms with Crippen molar-refractivity contribution in [2.45, 2.75) is 36.7 Å². The minimum absolute atomic E-state index is 0.215. The Hall–Kier alpha value is -1.39. The molecule has 2 nitrogen and oxygen atoms in total. The molecular formula is C16H19FN2S. The van der Waals surface area contributed by atoms with Crippen LogP contribution in [0.1, 0.15) is 24.5 Å². The largest absolute Gasteiger partial charge is 0.313 e. The number of aromatic nitrogens is 1. The number of aryl methyl sites for hydroxylation is 1. The van der Waals surface area contributed by atoms with Gasteiger partial charge in [-0.1, -0.05) is 30.8 Å². The number of nitrogens with one attached hydrogen (secondary N) is 1. The van der Waals surface area contributed by atoms with E-state index in [1.165, 1.54) is 29.5 Å². The summed E-state index contributed by atoms with van der Waals surface area (Å²) in [4.78, 5) is 5.36. The quantitative estimate of drug-likeness (QED) is 0.808. The average Bonchev–Trinajstić information content (AvgIpc) is 2.42. The molecule has 0 bridgehead atoms. The van der Waals surface area contributed by atoms with Gasteiger partial charge >= 0.3 is 0 Å². The van der Waals surface area contributed by atoms with E-state index in [1.54, 1.807) is 6.07 Å². The number of pyridine rings is 1. The lowest BCUT2D eigenvalue weighted by atomic mass is 10.2. The van der Waals surface area contributed by atoms with Gasteiger partial charge in [0.2, 0.25) is 0 Å². The summed E-state index contributed by atoms with van der Waals surface area (Å²) in [6.07, 6.45) is 3.01. The van der Waals surface area contributed by atoms with Crippen molar-refractivity contribution in [1.82, 2.24) is 10.3 Å². The minimum atomic E-state index is -0.215. The summed E-state index contributed by atoms with van der Waals surface area (Å²) in [5, 5.41) is 4.28. The fourth-order valence-electron chi connectivity index (χ4n) is 1.88. The standard InChI is InChI=1S/C16H19FN2S/c1-3-7-18-10-13-8-12(2)16(19-11-13)20-15-6-4-5-14(17)9-15/h4-6,8-9,11,18H,3,7,10H2,1-2H3. The lowest BCUT2D eigenvalue weighted by molar-refractivity contribution is 0.624. The maximum Gasteiger partial charge on any atom is 0.124 e. The van der Waals surface area contributed by atoms with Gasteiger partial charge in [0.1, 0.15) is 10.8 Å². The van der Waals surface area contributed by atoms with Gasteiger partial charge in [0.25, 0.3) is 0 Å². The summed E-state index contributed by atoms with van der Waals surface area (Å²) >= 11 is 1.49. The molecule has 1 aromatic heterocycles. The molecule has 0 aliphatic heterocycles. The molecule has 2 rings (SSSR count). The lowest BCUT2D eigenvalue weighted by Crippen LogP contribution is -2.14. The molecule has 20 heavy (non-hydrogen) atoms. The van der Waals surface area contributed by atoms with E-state index in [2.05, 4.69) is 23.3 Å². The first kappa shape index (κ1) is 15.0. The zero-order valence-corrected chi connectivity index (χ0v) is 12.6. The highest BCUT2D eigenvalue weighted by molar-refractivity contribution is 7.99. The maximum absolute atomic E-state index is 13.2. The molecule has 2 aromatic rings. The zero-order chi connectivity index (χ0) is 14.4. The third-order valence-corrected chi connectivity index (χ3v) is 3.96. The van der Waals surface area contributed by atoms with Crippen molar-refractivity contribution in [2.24, 2.45) is 0 Å². The summed E-state index contributed by atoms with van der Waals surface area (Å²) in [6, 6.07) is 8.73. The molecule has 0 saturated heterocycles. The van der Waals surface area contributed by atoms with Crippen LogP contribution in [0.5, 0.6) is 0 Å². The van der Waals surface area contributed by atoms with Crippen molar-refractivity contribution in [1.29, 1.82) is 0 Å². The molecule has 1 N–H and O–H groups in total. The van der Waals surface area contributed by atoms with Crippen molar-refractivity contribution in [2.75, 3.05) is 6.54 Å². The van der Waals surface area contributed by atoms with Crippen LogP contribution in [0.4, 0.5) is 4.39 Å². The first-order chi connectivity index (χ1) is 9.69. The fraction of sp³-hybridized carbons (Fsp3) is 0.312. The Morgan fingerprint density at radius 1 is 1.30 bits per heavy atom. The number of nitrogens with zero attached hydrogens (tertiary/aromatic N) is 1. The summed E-state index contributed by atoms with van der Waals surface area (Å²) < 4.78 is 13.2. The number of hydrogen-bond donors (Lipinski definition) is 1. The summed E-state index contributed by atoms with van der Waals surface area (Å²) in [5.74, 6) is -0.215. The minimum Gasteiger partial charge on any atom is -0.313 e. The predicted molar refractivity (Wildman–Crippen MR) is 81.5 cm³/mol. The van der Waals surface area contributed by atoms with Gasteiger partial charge in [-0.15, -0.1) is 0 Å². The Kier molecular flexibility index (Phi) is 5.56. The first-order valence-electron chi connectivity index (χ1n) is 6.78. The molecule has 0 atom stereocenters. The molecule has 0 aliphatic carbocycles. The van der Waals surface area contributed by atoms with E-state index in [0.717, 1.165) is 35.0 Å². The van der Waals surface area contributed by atoms with Crippen LogP contribution in [0.3, 0.4) is 0 Å².